The average molecular weight is 362 g/mol. The highest BCUT2D eigenvalue weighted by Gasteiger charge is 2.18. The molecule has 0 saturated heterocycles. The van der Waals surface area contributed by atoms with Gasteiger partial charge in [-0.3, -0.25) is 14.2 Å². The summed E-state index contributed by atoms with van der Waals surface area (Å²) in [6.07, 6.45) is 4.79. The summed E-state index contributed by atoms with van der Waals surface area (Å²) in [5, 5.41) is 11.6. The molecule has 0 aliphatic carbocycles. The van der Waals surface area contributed by atoms with Crippen molar-refractivity contribution in [3.05, 3.63) is 65.0 Å². The molecule has 0 radical (unpaired) electrons. The number of benzene rings is 1. The Morgan fingerprint density at radius 3 is 2.80 bits per heavy atom. The molecule has 130 valence electrons. The Kier molecular flexibility index (Phi) is 4.85. The van der Waals surface area contributed by atoms with Crippen molar-refractivity contribution in [2.75, 3.05) is 5.32 Å². The van der Waals surface area contributed by atoms with Crippen LogP contribution in [0.1, 0.15) is 24.2 Å². The zero-order valence-electron chi connectivity index (χ0n) is 13.8. The number of aryl methyl sites for hydroxylation is 1. The molecule has 0 spiro atoms. The van der Waals surface area contributed by atoms with Crippen LogP contribution in [-0.4, -0.2) is 25.5 Å². The molecule has 0 aliphatic rings. The fourth-order valence-corrected chi connectivity index (χ4v) is 2.48. The predicted molar refractivity (Wildman–Crippen MR) is 93.0 cm³/mol. The van der Waals surface area contributed by atoms with Crippen LogP contribution in [0.2, 0.25) is 5.02 Å². The Hall–Kier alpha value is -2.67. The number of halogens is 2. The van der Waals surface area contributed by atoms with Crippen molar-refractivity contribution in [2.45, 2.75) is 26.4 Å². The van der Waals surface area contributed by atoms with Crippen molar-refractivity contribution in [3.8, 4) is 0 Å². The highest BCUT2D eigenvalue weighted by Crippen LogP contribution is 2.17. The number of anilines is 1. The summed E-state index contributed by atoms with van der Waals surface area (Å²) >= 11 is 5.97. The molecule has 0 saturated carbocycles. The Bertz CT molecular complexity index is 885. The molecule has 3 rings (SSSR count). The van der Waals surface area contributed by atoms with Gasteiger partial charge in [-0.2, -0.15) is 10.2 Å². The Morgan fingerprint density at radius 1 is 1.36 bits per heavy atom. The summed E-state index contributed by atoms with van der Waals surface area (Å²) < 4.78 is 16.8. The maximum atomic E-state index is 13.7. The monoisotopic (exact) mass is 361 g/mol. The van der Waals surface area contributed by atoms with Gasteiger partial charge in [0.05, 0.1) is 29.1 Å². The van der Waals surface area contributed by atoms with Crippen LogP contribution in [0.5, 0.6) is 0 Å². The van der Waals surface area contributed by atoms with Crippen molar-refractivity contribution in [2.24, 2.45) is 0 Å². The average Bonchev–Trinajstić information content (AvgIpc) is 3.15. The van der Waals surface area contributed by atoms with E-state index in [1.165, 1.54) is 16.9 Å². The third-order valence-corrected chi connectivity index (χ3v) is 4.20. The molecule has 2 aromatic heterocycles. The van der Waals surface area contributed by atoms with Gasteiger partial charge in [0.25, 0.3) is 0 Å². The molecule has 6 nitrogen and oxygen atoms in total. The molecular weight excluding hydrogens is 345 g/mol. The van der Waals surface area contributed by atoms with Gasteiger partial charge in [-0.15, -0.1) is 0 Å². The summed E-state index contributed by atoms with van der Waals surface area (Å²) in [5.41, 5.74) is 1.72. The van der Waals surface area contributed by atoms with E-state index in [-0.39, 0.29) is 18.3 Å². The van der Waals surface area contributed by atoms with Crippen molar-refractivity contribution < 1.29 is 9.18 Å². The van der Waals surface area contributed by atoms with E-state index >= 15 is 0 Å². The van der Waals surface area contributed by atoms with Crippen LogP contribution in [0.3, 0.4) is 0 Å². The van der Waals surface area contributed by atoms with Crippen molar-refractivity contribution >= 4 is 23.2 Å². The number of carbonyl (C=O) groups excluding carboxylic acids is 1. The fourth-order valence-electron chi connectivity index (χ4n) is 2.34. The zero-order valence-corrected chi connectivity index (χ0v) is 14.5. The quantitative estimate of drug-likeness (QED) is 0.757. The lowest BCUT2D eigenvalue weighted by molar-refractivity contribution is -0.119. The van der Waals surface area contributed by atoms with E-state index in [0.29, 0.717) is 22.0 Å². The van der Waals surface area contributed by atoms with E-state index in [4.69, 9.17) is 11.6 Å². The minimum atomic E-state index is -0.527. The van der Waals surface area contributed by atoms with Gasteiger partial charge in [-0.05, 0) is 19.9 Å². The van der Waals surface area contributed by atoms with Gasteiger partial charge in [-0.25, -0.2) is 4.39 Å². The van der Waals surface area contributed by atoms with Crippen LogP contribution < -0.4 is 5.32 Å². The van der Waals surface area contributed by atoms with Crippen molar-refractivity contribution in [1.29, 1.82) is 0 Å². The Balaban J connectivity index is 1.66. The second-order valence-electron chi connectivity index (χ2n) is 5.73. The molecule has 1 atom stereocenters. The number of nitrogens with zero attached hydrogens (tertiary/aromatic N) is 4. The van der Waals surface area contributed by atoms with Gasteiger partial charge < -0.3 is 5.32 Å². The number of hydrogen-bond donors (Lipinski definition) is 1. The van der Waals surface area contributed by atoms with Crippen LogP contribution in [-0.2, 0) is 11.3 Å². The third kappa shape index (κ3) is 3.88. The summed E-state index contributed by atoms with van der Waals surface area (Å²) in [5.74, 6) is -0.534. The second kappa shape index (κ2) is 7.06. The van der Waals surface area contributed by atoms with Crippen molar-refractivity contribution in [1.82, 2.24) is 19.6 Å². The molecule has 0 aliphatic heterocycles. The Morgan fingerprint density at radius 2 is 2.12 bits per heavy atom. The van der Waals surface area contributed by atoms with E-state index < -0.39 is 6.04 Å². The van der Waals surface area contributed by atoms with Crippen LogP contribution in [0.4, 0.5) is 10.1 Å². The van der Waals surface area contributed by atoms with Gasteiger partial charge >= 0.3 is 0 Å². The van der Waals surface area contributed by atoms with Crippen LogP contribution in [0, 0.1) is 12.7 Å². The minimum Gasteiger partial charge on any atom is -0.322 e. The number of rotatable bonds is 5. The van der Waals surface area contributed by atoms with Crippen LogP contribution in [0.15, 0.2) is 42.9 Å². The number of nitrogens with one attached hydrogen (secondary N) is 1. The van der Waals surface area contributed by atoms with Crippen LogP contribution in [0.25, 0.3) is 0 Å². The van der Waals surface area contributed by atoms with E-state index in [1.807, 2.05) is 0 Å². The van der Waals surface area contributed by atoms with Crippen molar-refractivity contribution in [3.63, 3.8) is 0 Å². The first-order chi connectivity index (χ1) is 11.9. The first-order valence-electron chi connectivity index (χ1n) is 7.72. The van der Waals surface area contributed by atoms with Gasteiger partial charge in [-0.1, -0.05) is 29.8 Å². The summed E-state index contributed by atoms with van der Waals surface area (Å²) in [6, 6.07) is 5.98. The molecule has 1 amide bonds. The fraction of sp³-hybridized carbons (Fsp3) is 0.235. The molecule has 2 heterocycles. The van der Waals surface area contributed by atoms with Gasteiger partial charge in [0, 0.05) is 18.0 Å². The molecular formula is C17H17ClFN5O. The second-order valence-corrected chi connectivity index (χ2v) is 6.13. The number of aromatic nitrogens is 4. The first-order valence-corrected chi connectivity index (χ1v) is 8.10. The maximum absolute atomic E-state index is 13.7. The minimum absolute atomic E-state index is 0.246. The standard InChI is InChI=1S/C17H17ClFN5O/c1-11-15(18)10-24(22-11)12(2)17(25)21-14-7-20-23(9-14)8-13-5-3-4-6-16(13)19/h3-7,9-10,12H,8H2,1-2H3,(H,21,25). The third-order valence-electron chi connectivity index (χ3n) is 3.82. The molecule has 1 aromatic carbocycles. The highest BCUT2D eigenvalue weighted by atomic mass is 35.5. The lowest BCUT2D eigenvalue weighted by Crippen LogP contribution is -2.23. The largest absolute Gasteiger partial charge is 0.322 e. The lowest BCUT2D eigenvalue weighted by Gasteiger charge is -2.11. The van der Waals surface area contributed by atoms with E-state index in [0.717, 1.165) is 0 Å². The molecule has 8 heteroatoms. The zero-order chi connectivity index (χ0) is 18.0. The van der Waals surface area contributed by atoms with E-state index in [9.17, 15) is 9.18 Å². The van der Waals surface area contributed by atoms with E-state index in [1.54, 1.807) is 49.1 Å². The lowest BCUT2D eigenvalue weighted by atomic mass is 10.2. The van der Waals surface area contributed by atoms with Gasteiger partial charge in [0.1, 0.15) is 11.9 Å². The molecule has 25 heavy (non-hydrogen) atoms. The summed E-state index contributed by atoms with van der Waals surface area (Å²) in [6.45, 7) is 3.78. The molecule has 1 N–H and O–H groups in total. The van der Waals surface area contributed by atoms with Crippen LogP contribution >= 0.6 is 11.6 Å². The number of amides is 1. The normalized spacial score (nSPS) is 12.2. The number of carbonyl (C=O) groups is 1. The van der Waals surface area contributed by atoms with Gasteiger partial charge in [0.2, 0.25) is 5.91 Å². The number of hydrogen-bond acceptors (Lipinski definition) is 3. The summed E-state index contributed by atoms with van der Waals surface area (Å²) in [7, 11) is 0. The summed E-state index contributed by atoms with van der Waals surface area (Å²) in [4.78, 5) is 12.3. The van der Waals surface area contributed by atoms with Gasteiger partial charge in [0.15, 0.2) is 0 Å². The smallest absolute Gasteiger partial charge is 0.249 e. The molecule has 1 unspecified atom stereocenters. The topological polar surface area (TPSA) is 64.7 Å². The maximum Gasteiger partial charge on any atom is 0.249 e. The Labute approximate surface area is 149 Å². The molecule has 0 fully saturated rings. The predicted octanol–water partition coefficient (Wildman–Crippen LogP) is 3.43. The first kappa shape index (κ1) is 17.2. The van der Waals surface area contributed by atoms with E-state index in [2.05, 4.69) is 15.5 Å². The SMILES string of the molecule is Cc1nn(C(C)C(=O)Nc2cnn(Cc3ccccc3F)c2)cc1Cl. The molecule has 0 bridgehead atoms. The highest BCUT2D eigenvalue weighted by molar-refractivity contribution is 6.31. The molecule has 3 aromatic rings.